The molecule has 0 fully saturated rings. The van der Waals surface area contributed by atoms with Crippen LogP contribution in [0.25, 0.3) is 0 Å². The highest BCUT2D eigenvalue weighted by Gasteiger charge is 2.25. The molecule has 3 nitrogen and oxygen atoms in total. The molecule has 11 heavy (non-hydrogen) atoms. The van der Waals surface area contributed by atoms with E-state index >= 15 is 0 Å². The van der Waals surface area contributed by atoms with Crippen LogP contribution >= 0.6 is 0 Å². The molecule has 0 N–H and O–H groups in total. The van der Waals surface area contributed by atoms with Crippen LogP contribution in [-0.2, 0) is 14.2 Å². The van der Waals surface area contributed by atoms with E-state index in [-0.39, 0.29) is 0 Å². The van der Waals surface area contributed by atoms with Crippen molar-refractivity contribution >= 4 is 0 Å². The van der Waals surface area contributed by atoms with E-state index in [9.17, 15) is 0 Å². The number of hydrogen-bond donors (Lipinski definition) is 0. The summed E-state index contributed by atoms with van der Waals surface area (Å²) in [6, 6.07) is 0. The van der Waals surface area contributed by atoms with Crippen molar-refractivity contribution in [1.29, 1.82) is 0 Å². The highest BCUT2D eigenvalue weighted by Crippen LogP contribution is 2.13. The second-order valence-electron chi connectivity index (χ2n) is 2.01. The van der Waals surface area contributed by atoms with Crippen LogP contribution in [0.3, 0.4) is 0 Å². The summed E-state index contributed by atoms with van der Waals surface area (Å²) in [5.41, 5.74) is 0. The Labute approximate surface area is 67.9 Å². The van der Waals surface area contributed by atoms with Gasteiger partial charge in [0.25, 0.3) is 0 Å². The molecule has 0 aromatic rings. The minimum Gasteiger partial charge on any atom is -0.448 e. The second-order valence-corrected chi connectivity index (χ2v) is 2.01. The molecule has 0 rings (SSSR count). The maximum Gasteiger partial charge on any atom is 0.323 e. The third-order valence-corrected chi connectivity index (χ3v) is 1.11. The van der Waals surface area contributed by atoms with Crippen molar-refractivity contribution in [2.75, 3.05) is 13.2 Å². The van der Waals surface area contributed by atoms with Crippen molar-refractivity contribution in [1.82, 2.24) is 0 Å². The molecule has 0 atom stereocenters. The molecule has 0 spiro atoms. The molecule has 0 saturated heterocycles. The van der Waals surface area contributed by atoms with Gasteiger partial charge in [-0.1, -0.05) is 6.58 Å². The highest BCUT2D eigenvalue weighted by molar-refractivity contribution is 4.56. The predicted molar refractivity (Wildman–Crippen MR) is 42.9 cm³/mol. The van der Waals surface area contributed by atoms with Crippen LogP contribution in [0.1, 0.15) is 20.8 Å². The van der Waals surface area contributed by atoms with E-state index in [2.05, 4.69) is 6.58 Å². The van der Waals surface area contributed by atoms with Crippen LogP contribution < -0.4 is 0 Å². The predicted octanol–water partition coefficient (Wildman–Crippen LogP) is 1.89. The van der Waals surface area contributed by atoms with Crippen molar-refractivity contribution in [3.05, 3.63) is 12.8 Å². The molecule has 0 aliphatic carbocycles. The van der Waals surface area contributed by atoms with Gasteiger partial charge >= 0.3 is 5.97 Å². The Morgan fingerprint density at radius 1 is 1.27 bits per heavy atom. The summed E-state index contributed by atoms with van der Waals surface area (Å²) in [7, 11) is 0. The first-order chi connectivity index (χ1) is 5.18. The number of hydrogen-bond acceptors (Lipinski definition) is 3. The van der Waals surface area contributed by atoms with Gasteiger partial charge in [0.1, 0.15) is 0 Å². The third kappa shape index (κ3) is 4.01. The van der Waals surface area contributed by atoms with E-state index < -0.39 is 5.97 Å². The number of rotatable bonds is 6. The SMILES string of the molecule is C=COC(C)(OCC)OCC. The van der Waals surface area contributed by atoms with Gasteiger partial charge in [-0.3, -0.25) is 0 Å². The van der Waals surface area contributed by atoms with Gasteiger partial charge in [0.05, 0.1) is 19.5 Å². The van der Waals surface area contributed by atoms with Gasteiger partial charge in [0.2, 0.25) is 0 Å². The van der Waals surface area contributed by atoms with Crippen LogP contribution in [0.15, 0.2) is 12.8 Å². The third-order valence-electron chi connectivity index (χ3n) is 1.11. The smallest absolute Gasteiger partial charge is 0.323 e. The van der Waals surface area contributed by atoms with Gasteiger partial charge in [0.15, 0.2) is 0 Å². The zero-order valence-electron chi connectivity index (χ0n) is 7.42. The summed E-state index contributed by atoms with van der Waals surface area (Å²) in [5, 5.41) is 0. The van der Waals surface area contributed by atoms with Crippen LogP contribution in [0.4, 0.5) is 0 Å². The first-order valence-electron chi connectivity index (χ1n) is 3.75. The van der Waals surface area contributed by atoms with Crippen molar-refractivity contribution in [2.24, 2.45) is 0 Å². The largest absolute Gasteiger partial charge is 0.448 e. The lowest BCUT2D eigenvalue weighted by Crippen LogP contribution is -2.34. The second kappa shape index (κ2) is 5.16. The summed E-state index contributed by atoms with van der Waals surface area (Å²) >= 11 is 0. The molecule has 0 aromatic carbocycles. The van der Waals surface area contributed by atoms with E-state index in [4.69, 9.17) is 14.2 Å². The molecule has 0 amide bonds. The van der Waals surface area contributed by atoms with Gasteiger partial charge in [-0.2, -0.15) is 0 Å². The van der Waals surface area contributed by atoms with E-state index in [0.29, 0.717) is 13.2 Å². The van der Waals surface area contributed by atoms with Gasteiger partial charge in [-0.05, 0) is 13.8 Å². The lowest BCUT2D eigenvalue weighted by Gasteiger charge is -2.27. The lowest BCUT2D eigenvalue weighted by atomic mass is 10.6. The van der Waals surface area contributed by atoms with Crippen molar-refractivity contribution in [2.45, 2.75) is 26.7 Å². The Kier molecular flexibility index (Phi) is 4.90. The highest BCUT2D eigenvalue weighted by atomic mass is 16.9. The van der Waals surface area contributed by atoms with E-state index in [1.54, 1.807) is 6.92 Å². The summed E-state index contributed by atoms with van der Waals surface area (Å²) in [6.07, 6.45) is 1.31. The van der Waals surface area contributed by atoms with Crippen molar-refractivity contribution in [3.8, 4) is 0 Å². The van der Waals surface area contributed by atoms with E-state index in [1.165, 1.54) is 6.26 Å². The lowest BCUT2D eigenvalue weighted by molar-refractivity contribution is -0.347. The average molecular weight is 160 g/mol. The fraction of sp³-hybridized carbons (Fsp3) is 0.750. The zero-order chi connectivity index (χ0) is 8.74. The first-order valence-corrected chi connectivity index (χ1v) is 3.75. The molecule has 0 radical (unpaired) electrons. The topological polar surface area (TPSA) is 27.7 Å². The van der Waals surface area contributed by atoms with E-state index in [0.717, 1.165) is 0 Å². The van der Waals surface area contributed by atoms with Crippen molar-refractivity contribution in [3.63, 3.8) is 0 Å². The molecule has 0 aliphatic rings. The summed E-state index contributed by atoms with van der Waals surface area (Å²) in [6.45, 7) is 9.99. The Balaban J connectivity index is 3.88. The molecule has 0 aromatic heterocycles. The Bertz CT molecular complexity index is 106. The van der Waals surface area contributed by atoms with Crippen LogP contribution in [-0.4, -0.2) is 19.2 Å². The molecule has 3 heteroatoms. The summed E-state index contributed by atoms with van der Waals surface area (Å²) in [4.78, 5) is 0. The molecule has 0 unspecified atom stereocenters. The molecule has 0 aliphatic heterocycles. The Morgan fingerprint density at radius 3 is 2.00 bits per heavy atom. The van der Waals surface area contributed by atoms with Gasteiger partial charge in [0, 0.05) is 6.92 Å². The summed E-state index contributed by atoms with van der Waals surface area (Å²) in [5.74, 6) is -0.967. The van der Waals surface area contributed by atoms with Crippen LogP contribution in [0.2, 0.25) is 0 Å². The monoisotopic (exact) mass is 160 g/mol. The number of ether oxygens (including phenoxy) is 3. The fourth-order valence-electron chi connectivity index (χ4n) is 0.785. The molecule has 0 bridgehead atoms. The molecular formula is C8H16O3. The quantitative estimate of drug-likeness (QED) is 0.438. The zero-order valence-corrected chi connectivity index (χ0v) is 7.42. The Hall–Kier alpha value is -0.540. The Morgan fingerprint density at radius 2 is 1.73 bits per heavy atom. The van der Waals surface area contributed by atoms with Gasteiger partial charge in [-0.25, -0.2) is 0 Å². The maximum absolute atomic E-state index is 5.19. The standard InChI is InChI=1S/C8H16O3/c1-5-9-8(4,10-6-2)11-7-3/h5H,1,6-7H2,2-4H3. The molecule has 0 saturated carbocycles. The van der Waals surface area contributed by atoms with Crippen LogP contribution in [0.5, 0.6) is 0 Å². The maximum atomic E-state index is 5.19. The fourth-order valence-corrected chi connectivity index (χ4v) is 0.785. The summed E-state index contributed by atoms with van der Waals surface area (Å²) < 4.78 is 15.4. The normalized spacial score (nSPS) is 11.2. The van der Waals surface area contributed by atoms with E-state index in [1.807, 2.05) is 13.8 Å². The van der Waals surface area contributed by atoms with Crippen molar-refractivity contribution < 1.29 is 14.2 Å². The van der Waals surface area contributed by atoms with Crippen LogP contribution in [0, 0.1) is 0 Å². The molecule has 66 valence electrons. The average Bonchev–Trinajstić information content (AvgIpc) is 1.88. The molecule has 0 heterocycles. The minimum atomic E-state index is -0.967. The van der Waals surface area contributed by atoms with Gasteiger partial charge in [-0.15, -0.1) is 0 Å². The first kappa shape index (κ1) is 10.5. The minimum absolute atomic E-state index is 0.546. The molecular weight excluding hydrogens is 144 g/mol. The van der Waals surface area contributed by atoms with Gasteiger partial charge < -0.3 is 14.2 Å².